The predicted octanol–water partition coefficient (Wildman–Crippen LogP) is 4.93. The first kappa shape index (κ1) is 20.4. The molecule has 0 atom stereocenters. The summed E-state index contributed by atoms with van der Waals surface area (Å²) >= 11 is 0. The van der Waals surface area contributed by atoms with E-state index < -0.39 is 7.92 Å². The van der Waals surface area contributed by atoms with Crippen LogP contribution in [0.5, 0.6) is 0 Å². The van der Waals surface area contributed by atoms with Crippen LogP contribution in [0.25, 0.3) is 0 Å². The van der Waals surface area contributed by atoms with Gasteiger partial charge >= 0.3 is 22.4 Å². The van der Waals surface area contributed by atoms with Crippen molar-refractivity contribution in [3.05, 3.63) is 127 Å². The van der Waals surface area contributed by atoms with Gasteiger partial charge in [-0.05, 0) is 23.8 Å². The van der Waals surface area contributed by atoms with Gasteiger partial charge in [0, 0.05) is 0 Å². The summed E-state index contributed by atoms with van der Waals surface area (Å²) in [6.07, 6.45) is 0. The molecule has 0 bridgehead atoms. The molecule has 4 aromatic carbocycles. The van der Waals surface area contributed by atoms with Crippen LogP contribution in [0.15, 0.2) is 121 Å². The van der Waals surface area contributed by atoms with Crippen LogP contribution in [-0.2, 0) is 22.4 Å². The second kappa shape index (κ2) is 11.6. The molecule has 0 radical (unpaired) electrons. The quantitative estimate of drug-likeness (QED) is 0.198. The maximum Gasteiger partial charge on any atom is 1.00 e. The van der Waals surface area contributed by atoms with Gasteiger partial charge in [0.1, 0.15) is 0 Å². The molecule has 0 amide bonds. The first-order valence-corrected chi connectivity index (χ1v) is 9.66. The summed E-state index contributed by atoms with van der Waals surface area (Å²) in [5.74, 6) is 0. The minimum atomic E-state index is -0.446. The van der Waals surface area contributed by atoms with E-state index in [9.17, 15) is 0 Å². The van der Waals surface area contributed by atoms with E-state index in [1.807, 2.05) is 30.3 Å². The minimum absolute atomic E-state index is 0. The average molecular weight is 536 g/mol. The molecular formula is C24H20AuP. The van der Waals surface area contributed by atoms with Crippen LogP contribution in [0.3, 0.4) is 0 Å². The van der Waals surface area contributed by atoms with Gasteiger partial charge in [0.25, 0.3) is 0 Å². The van der Waals surface area contributed by atoms with Crippen LogP contribution in [0.1, 0.15) is 0 Å². The summed E-state index contributed by atoms with van der Waals surface area (Å²) in [6.45, 7) is 0. The molecule has 0 unspecified atom stereocenters. The molecule has 0 nitrogen and oxygen atoms in total. The molecule has 0 N–H and O–H groups in total. The summed E-state index contributed by atoms with van der Waals surface area (Å²) in [7, 11) is -0.446. The number of hydrogen-bond donors (Lipinski definition) is 0. The molecule has 0 fully saturated rings. The van der Waals surface area contributed by atoms with Crippen molar-refractivity contribution in [3.63, 3.8) is 0 Å². The van der Waals surface area contributed by atoms with E-state index in [0.29, 0.717) is 0 Å². The van der Waals surface area contributed by atoms with Crippen molar-refractivity contribution in [3.8, 4) is 0 Å². The third-order valence-electron chi connectivity index (χ3n) is 3.65. The Balaban J connectivity index is 0.000000297. The molecule has 132 valence electrons. The maximum atomic E-state index is 2.89. The number of hydrogen-bond acceptors (Lipinski definition) is 0. The Hall–Kier alpha value is -1.95. The van der Waals surface area contributed by atoms with Crippen molar-refractivity contribution in [2.45, 2.75) is 0 Å². The normalized spacial score (nSPS) is 9.58. The number of rotatable bonds is 3. The monoisotopic (exact) mass is 536 g/mol. The molecule has 26 heavy (non-hydrogen) atoms. The Morgan fingerprint density at radius 3 is 0.962 bits per heavy atom. The van der Waals surface area contributed by atoms with Gasteiger partial charge in [0.2, 0.25) is 0 Å². The molecule has 4 aromatic rings. The Morgan fingerprint density at radius 1 is 0.423 bits per heavy atom. The molecule has 0 aliphatic carbocycles. The first-order chi connectivity index (χ1) is 12.4. The zero-order valence-corrected chi connectivity index (χ0v) is 17.4. The van der Waals surface area contributed by atoms with Gasteiger partial charge in [-0.3, -0.25) is 0 Å². The van der Waals surface area contributed by atoms with Crippen LogP contribution in [0.2, 0.25) is 0 Å². The van der Waals surface area contributed by atoms with Crippen LogP contribution in [0, 0.1) is 6.07 Å². The summed E-state index contributed by atoms with van der Waals surface area (Å²) < 4.78 is 0. The standard InChI is InChI=1S/C18H15P.C6H5.Au/c1-4-10-16(11-5-1)19(17-12-6-2-7-13-17)18-14-8-3-9-15-18;1-2-4-6-5-3-1;/h1-15H;1-5H;/q;-1;+1. The molecule has 0 aliphatic heterocycles. The van der Waals surface area contributed by atoms with E-state index in [0.717, 1.165) is 0 Å². The largest absolute Gasteiger partial charge is 1.00 e. The van der Waals surface area contributed by atoms with Crippen LogP contribution in [0.4, 0.5) is 0 Å². The summed E-state index contributed by atoms with van der Waals surface area (Å²) in [5.41, 5.74) is 0. The maximum absolute atomic E-state index is 2.89. The fourth-order valence-electron chi connectivity index (χ4n) is 2.52. The average Bonchev–Trinajstić information content (AvgIpc) is 2.72. The molecule has 0 saturated heterocycles. The second-order valence-corrected chi connectivity index (χ2v) is 7.64. The molecule has 4 rings (SSSR count). The van der Waals surface area contributed by atoms with Gasteiger partial charge in [0.15, 0.2) is 0 Å². The minimum Gasteiger partial charge on any atom is -0.184 e. The third kappa shape index (κ3) is 6.09. The molecule has 0 aromatic heterocycles. The summed E-state index contributed by atoms with van der Waals surface area (Å²) in [4.78, 5) is 0. The van der Waals surface area contributed by atoms with Gasteiger partial charge < -0.3 is 0 Å². The molecule has 0 heterocycles. The smallest absolute Gasteiger partial charge is 0.184 e. The zero-order chi connectivity index (χ0) is 17.2. The van der Waals surface area contributed by atoms with Gasteiger partial charge in [-0.25, -0.2) is 0 Å². The van der Waals surface area contributed by atoms with Crippen molar-refractivity contribution >= 4 is 23.8 Å². The second-order valence-electron chi connectivity index (χ2n) is 5.42. The van der Waals surface area contributed by atoms with Gasteiger partial charge in [-0.2, -0.15) is 36.4 Å². The molecule has 0 saturated carbocycles. The Morgan fingerprint density at radius 2 is 0.731 bits per heavy atom. The van der Waals surface area contributed by atoms with E-state index >= 15 is 0 Å². The Bertz CT molecular complexity index is 713. The van der Waals surface area contributed by atoms with Crippen molar-refractivity contribution < 1.29 is 22.4 Å². The van der Waals surface area contributed by atoms with E-state index in [-0.39, 0.29) is 22.4 Å². The SMILES string of the molecule is [Au+].[c-]1ccccc1.c1ccc(P(c2ccccc2)c2ccccc2)cc1. The van der Waals surface area contributed by atoms with Crippen LogP contribution < -0.4 is 15.9 Å². The van der Waals surface area contributed by atoms with Gasteiger partial charge in [0.05, 0.1) is 0 Å². The topological polar surface area (TPSA) is 0 Å². The molecular weight excluding hydrogens is 516 g/mol. The third-order valence-corrected chi connectivity index (χ3v) is 6.09. The van der Waals surface area contributed by atoms with E-state index in [1.165, 1.54) is 15.9 Å². The summed E-state index contributed by atoms with van der Waals surface area (Å²) in [5, 5.41) is 4.19. The van der Waals surface area contributed by atoms with Crippen molar-refractivity contribution in [2.75, 3.05) is 0 Å². The van der Waals surface area contributed by atoms with E-state index in [2.05, 4.69) is 97.1 Å². The fraction of sp³-hybridized carbons (Fsp3) is 0. The fourth-order valence-corrected chi connectivity index (χ4v) is 4.83. The van der Waals surface area contributed by atoms with Crippen molar-refractivity contribution in [1.82, 2.24) is 0 Å². The Labute approximate surface area is 173 Å². The van der Waals surface area contributed by atoms with Gasteiger partial charge in [-0.15, -0.1) is 0 Å². The molecule has 0 aliphatic rings. The van der Waals surface area contributed by atoms with Crippen molar-refractivity contribution in [2.24, 2.45) is 0 Å². The molecule has 0 spiro atoms. The first-order valence-electron chi connectivity index (χ1n) is 8.31. The van der Waals surface area contributed by atoms with Crippen LogP contribution in [-0.4, -0.2) is 0 Å². The van der Waals surface area contributed by atoms with E-state index in [1.54, 1.807) is 0 Å². The Kier molecular flexibility index (Phi) is 9.10. The number of benzene rings is 4. The zero-order valence-electron chi connectivity index (χ0n) is 14.3. The summed E-state index contributed by atoms with van der Waals surface area (Å²) in [6, 6.07) is 44.8. The van der Waals surface area contributed by atoms with Crippen molar-refractivity contribution in [1.29, 1.82) is 0 Å². The molecule has 2 heteroatoms. The van der Waals surface area contributed by atoms with Crippen LogP contribution >= 0.6 is 7.92 Å². The van der Waals surface area contributed by atoms with E-state index in [4.69, 9.17) is 0 Å². The predicted molar refractivity (Wildman–Crippen MR) is 110 cm³/mol. The van der Waals surface area contributed by atoms with Gasteiger partial charge in [-0.1, -0.05) is 91.0 Å².